The number of amides is 1. The van der Waals surface area contributed by atoms with Crippen LogP contribution in [0.5, 0.6) is 0 Å². The molecule has 2 aromatic heterocycles. The SMILES string of the molecule is O=C(O)N1CCC(O)(Cn2cnc3occc3c2=O)CC1. The molecular formula is C13H15N3O5. The minimum absolute atomic E-state index is 0.0907. The second-order valence-electron chi connectivity index (χ2n) is 5.31. The highest BCUT2D eigenvalue weighted by atomic mass is 16.4. The number of hydrogen-bond donors (Lipinski definition) is 2. The van der Waals surface area contributed by atoms with Gasteiger partial charge in [0.25, 0.3) is 5.56 Å². The number of aromatic nitrogens is 2. The van der Waals surface area contributed by atoms with Gasteiger partial charge in [0.05, 0.1) is 18.4 Å². The lowest BCUT2D eigenvalue weighted by Gasteiger charge is -2.37. The number of rotatable bonds is 2. The normalized spacial score (nSPS) is 18.0. The molecule has 0 aromatic carbocycles. The Morgan fingerprint density at radius 2 is 2.14 bits per heavy atom. The van der Waals surface area contributed by atoms with Gasteiger partial charge in [0.1, 0.15) is 11.7 Å². The molecule has 112 valence electrons. The van der Waals surface area contributed by atoms with Gasteiger partial charge in [0.15, 0.2) is 0 Å². The van der Waals surface area contributed by atoms with E-state index in [9.17, 15) is 14.7 Å². The maximum atomic E-state index is 12.2. The van der Waals surface area contributed by atoms with E-state index in [1.54, 1.807) is 0 Å². The number of piperidine rings is 1. The lowest BCUT2D eigenvalue weighted by Crippen LogP contribution is -2.49. The summed E-state index contributed by atoms with van der Waals surface area (Å²) in [6.07, 6.45) is 2.32. The van der Waals surface area contributed by atoms with Gasteiger partial charge >= 0.3 is 6.09 Å². The number of likely N-dealkylation sites (tertiary alicyclic amines) is 1. The highest BCUT2D eigenvalue weighted by molar-refractivity contribution is 5.71. The van der Waals surface area contributed by atoms with Crippen molar-refractivity contribution in [2.75, 3.05) is 13.1 Å². The van der Waals surface area contributed by atoms with Crippen LogP contribution in [0.15, 0.2) is 27.9 Å². The molecule has 0 bridgehead atoms. The van der Waals surface area contributed by atoms with Gasteiger partial charge in [-0.25, -0.2) is 9.78 Å². The van der Waals surface area contributed by atoms with Gasteiger partial charge in [-0.2, -0.15) is 0 Å². The first-order valence-corrected chi connectivity index (χ1v) is 6.61. The van der Waals surface area contributed by atoms with Crippen LogP contribution in [-0.4, -0.2) is 49.4 Å². The number of aliphatic hydroxyl groups is 1. The van der Waals surface area contributed by atoms with E-state index in [-0.39, 0.29) is 43.7 Å². The van der Waals surface area contributed by atoms with E-state index in [4.69, 9.17) is 9.52 Å². The van der Waals surface area contributed by atoms with Gasteiger partial charge in [-0.1, -0.05) is 0 Å². The summed E-state index contributed by atoms with van der Waals surface area (Å²) >= 11 is 0. The molecule has 1 saturated heterocycles. The predicted molar refractivity (Wildman–Crippen MR) is 72.1 cm³/mol. The monoisotopic (exact) mass is 293 g/mol. The number of fused-ring (bicyclic) bond motifs is 1. The summed E-state index contributed by atoms with van der Waals surface area (Å²) in [7, 11) is 0. The smallest absolute Gasteiger partial charge is 0.407 e. The molecule has 1 aliphatic heterocycles. The quantitative estimate of drug-likeness (QED) is 0.834. The lowest BCUT2D eigenvalue weighted by molar-refractivity contribution is -0.0304. The Bertz CT molecular complexity index is 727. The molecule has 8 heteroatoms. The number of nitrogens with zero attached hydrogens (tertiary/aromatic N) is 3. The Labute approximate surface area is 119 Å². The molecule has 1 aliphatic rings. The van der Waals surface area contributed by atoms with Crippen molar-refractivity contribution in [3.63, 3.8) is 0 Å². The van der Waals surface area contributed by atoms with Crippen molar-refractivity contribution in [2.45, 2.75) is 25.0 Å². The molecule has 0 aliphatic carbocycles. The maximum Gasteiger partial charge on any atom is 0.407 e. The van der Waals surface area contributed by atoms with E-state index in [0.717, 1.165) is 0 Å². The molecule has 0 saturated carbocycles. The molecule has 2 aromatic rings. The van der Waals surface area contributed by atoms with Crippen molar-refractivity contribution in [1.29, 1.82) is 0 Å². The van der Waals surface area contributed by atoms with Gasteiger partial charge in [0.2, 0.25) is 5.71 Å². The third-order valence-corrected chi connectivity index (χ3v) is 3.88. The summed E-state index contributed by atoms with van der Waals surface area (Å²) in [6, 6.07) is 1.54. The molecule has 1 amide bonds. The van der Waals surface area contributed by atoms with Gasteiger partial charge in [-0.3, -0.25) is 9.36 Å². The van der Waals surface area contributed by atoms with Crippen LogP contribution in [0.1, 0.15) is 12.8 Å². The zero-order chi connectivity index (χ0) is 15.0. The number of hydrogen-bond acceptors (Lipinski definition) is 5. The summed E-state index contributed by atoms with van der Waals surface area (Å²) < 4.78 is 6.39. The standard InChI is InChI=1S/C13H15N3O5/c17-11-9-1-6-21-10(9)14-8-16(11)7-13(20)2-4-15(5-3-13)12(18)19/h1,6,8,20H,2-5,7H2,(H,18,19). The minimum Gasteiger partial charge on any atom is -0.465 e. The molecule has 0 radical (unpaired) electrons. The Balaban J connectivity index is 1.80. The first kappa shape index (κ1) is 13.6. The van der Waals surface area contributed by atoms with E-state index < -0.39 is 11.7 Å². The van der Waals surface area contributed by atoms with Crippen molar-refractivity contribution in [3.05, 3.63) is 29.0 Å². The van der Waals surface area contributed by atoms with Crippen molar-refractivity contribution in [1.82, 2.24) is 14.5 Å². The Morgan fingerprint density at radius 3 is 2.81 bits per heavy atom. The van der Waals surface area contributed by atoms with E-state index in [2.05, 4.69) is 4.98 Å². The number of carbonyl (C=O) groups is 1. The fourth-order valence-corrected chi connectivity index (χ4v) is 2.60. The van der Waals surface area contributed by atoms with E-state index in [1.165, 1.54) is 28.1 Å². The number of furan rings is 1. The molecule has 2 N–H and O–H groups in total. The average molecular weight is 293 g/mol. The zero-order valence-electron chi connectivity index (χ0n) is 11.2. The number of carboxylic acid groups (broad SMARTS) is 1. The third kappa shape index (κ3) is 2.49. The topological polar surface area (TPSA) is 109 Å². The average Bonchev–Trinajstić information content (AvgIpc) is 2.91. The largest absolute Gasteiger partial charge is 0.465 e. The fraction of sp³-hybridized carbons (Fsp3) is 0.462. The first-order valence-electron chi connectivity index (χ1n) is 6.61. The van der Waals surface area contributed by atoms with Crippen LogP contribution >= 0.6 is 0 Å². The van der Waals surface area contributed by atoms with E-state index >= 15 is 0 Å². The van der Waals surface area contributed by atoms with Gasteiger partial charge in [-0.05, 0) is 18.9 Å². The van der Waals surface area contributed by atoms with Crippen molar-refractivity contribution < 1.29 is 19.4 Å². The fourth-order valence-electron chi connectivity index (χ4n) is 2.60. The lowest BCUT2D eigenvalue weighted by atomic mass is 9.91. The van der Waals surface area contributed by atoms with E-state index in [0.29, 0.717) is 5.39 Å². The molecule has 8 nitrogen and oxygen atoms in total. The predicted octanol–water partition coefficient (Wildman–Crippen LogP) is 0.494. The van der Waals surface area contributed by atoms with Crippen LogP contribution in [0.4, 0.5) is 4.79 Å². The molecule has 3 rings (SSSR count). The zero-order valence-corrected chi connectivity index (χ0v) is 11.2. The van der Waals surface area contributed by atoms with Crippen LogP contribution in [0.2, 0.25) is 0 Å². The summed E-state index contributed by atoms with van der Waals surface area (Å²) in [5, 5.41) is 19.8. The van der Waals surface area contributed by atoms with Crippen molar-refractivity contribution in [2.24, 2.45) is 0 Å². The van der Waals surface area contributed by atoms with Crippen LogP contribution < -0.4 is 5.56 Å². The van der Waals surface area contributed by atoms with Crippen LogP contribution in [0.25, 0.3) is 11.1 Å². The minimum atomic E-state index is -1.10. The second kappa shape index (κ2) is 4.88. The molecule has 0 atom stereocenters. The third-order valence-electron chi connectivity index (χ3n) is 3.88. The van der Waals surface area contributed by atoms with Crippen LogP contribution in [0, 0.1) is 0 Å². The first-order chi connectivity index (χ1) is 9.98. The summed E-state index contributed by atoms with van der Waals surface area (Å²) in [6.45, 7) is 0.595. The highest BCUT2D eigenvalue weighted by Gasteiger charge is 2.34. The van der Waals surface area contributed by atoms with Gasteiger partial charge < -0.3 is 19.5 Å². The van der Waals surface area contributed by atoms with Gasteiger partial charge in [0, 0.05) is 13.1 Å². The maximum absolute atomic E-state index is 12.2. The second-order valence-corrected chi connectivity index (χ2v) is 5.31. The molecule has 1 fully saturated rings. The Kier molecular flexibility index (Phi) is 3.17. The van der Waals surface area contributed by atoms with Gasteiger partial charge in [-0.15, -0.1) is 0 Å². The highest BCUT2D eigenvalue weighted by Crippen LogP contribution is 2.24. The molecular weight excluding hydrogens is 278 g/mol. The van der Waals surface area contributed by atoms with Crippen molar-refractivity contribution in [3.8, 4) is 0 Å². The van der Waals surface area contributed by atoms with Crippen LogP contribution in [0.3, 0.4) is 0 Å². The Hall–Kier alpha value is -2.35. The summed E-state index contributed by atoms with van der Waals surface area (Å²) in [5.41, 5.74) is -1.11. The molecule has 0 spiro atoms. The molecule has 21 heavy (non-hydrogen) atoms. The Morgan fingerprint density at radius 1 is 1.43 bits per heavy atom. The molecule has 3 heterocycles. The van der Waals surface area contributed by atoms with Crippen LogP contribution in [-0.2, 0) is 6.54 Å². The summed E-state index contributed by atoms with van der Waals surface area (Å²) in [4.78, 5) is 28.4. The molecule has 0 unspecified atom stereocenters. The van der Waals surface area contributed by atoms with E-state index in [1.807, 2.05) is 0 Å². The van der Waals surface area contributed by atoms with Crippen molar-refractivity contribution >= 4 is 17.2 Å². The summed E-state index contributed by atoms with van der Waals surface area (Å²) in [5.74, 6) is 0.